The van der Waals surface area contributed by atoms with Crippen molar-refractivity contribution in [3.05, 3.63) is 22.4 Å². The number of hydrogen-bond donors (Lipinski definition) is 2. The smallest absolute Gasteiger partial charge is 0.180 e. The van der Waals surface area contributed by atoms with Crippen LogP contribution in [0.5, 0.6) is 0 Å². The average Bonchev–Trinajstić information content (AvgIpc) is 2.71. The van der Waals surface area contributed by atoms with E-state index in [1.165, 1.54) is 11.3 Å². The molecule has 0 aliphatic carbocycles. The first kappa shape index (κ1) is 8.68. The Bertz CT molecular complexity index is 391. The van der Waals surface area contributed by atoms with Crippen molar-refractivity contribution in [2.24, 2.45) is 5.73 Å². The molecule has 5 heteroatoms. The number of nitrogens with zero attached hydrogens (tertiary/aromatic N) is 1. The Morgan fingerprint density at radius 3 is 2.92 bits per heavy atom. The summed E-state index contributed by atoms with van der Waals surface area (Å²) in [5.74, 6) is 0. The predicted octanol–water partition coefficient (Wildman–Crippen LogP) is 1.91. The molecule has 2 rings (SSSR count). The van der Waals surface area contributed by atoms with Crippen LogP contribution in [0.15, 0.2) is 17.5 Å². The zero-order valence-corrected chi connectivity index (χ0v) is 8.49. The number of aromatic nitrogens is 1. The van der Waals surface area contributed by atoms with E-state index in [1.54, 1.807) is 11.3 Å². The minimum atomic E-state index is 0.502. The Morgan fingerprint density at radius 1 is 1.46 bits per heavy atom. The van der Waals surface area contributed by atoms with E-state index in [1.807, 2.05) is 17.5 Å². The van der Waals surface area contributed by atoms with Crippen LogP contribution >= 0.6 is 22.7 Å². The molecule has 0 aliphatic heterocycles. The molecule has 0 atom stereocenters. The van der Waals surface area contributed by atoms with Crippen LogP contribution < -0.4 is 11.5 Å². The normalized spacial score (nSPS) is 10.5. The van der Waals surface area contributed by atoms with Gasteiger partial charge in [-0.05, 0) is 11.4 Å². The Kier molecular flexibility index (Phi) is 2.30. The molecular formula is C8H9N3S2. The lowest BCUT2D eigenvalue weighted by atomic mass is 10.3. The lowest BCUT2D eigenvalue weighted by Gasteiger charge is -1.93. The van der Waals surface area contributed by atoms with E-state index in [4.69, 9.17) is 11.5 Å². The van der Waals surface area contributed by atoms with E-state index in [0.29, 0.717) is 11.7 Å². The molecule has 2 heterocycles. The molecule has 0 aromatic carbocycles. The molecule has 0 saturated heterocycles. The van der Waals surface area contributed by atoms with Crippen LogP contribution in [0.25, 0.3) is 10.6 Å². The molecule has 68 valence electrons. The van der Waals surface area contributed by atoms with Crippen LogP contribution in [0.2, 0.25) is 0 Å². The molecule has 0 saturated carbocycles. The number of nitrogen functional groups attached to an aromatic ring is 1. The van der Waals surface area contributed by atoms with Crippen LogP contribution in [0, 0.1) is 0 Å². The van der Waals surface area contributed by atoms with Crippen molar-refractivity contribution < 1.29 is 0 Å². The fraction of sp³-hybridized carbons (Fsp3) is 0.125. The van der Waals surface area contributed by atoms with Crippen molar-refractivity contribution in [2.75, 3.05) is 5.73 Å². The molecule has 0 spiro atoms. The maximum absolute atomic E-state index is 5.62. The monoisotopic (exact) mass is 211 g/mol. The van der Waals surface area contributed by atoms with Crippen LogP contribution in [0.3, 0.4) is 0 Å². The predicted molar refractivity (Wildman–Crippen MR) is 57.7 cm³/mol. The number of nitrogens with two attached hydrogens (primary N) is 2. The molecule has 0 amide bonds. The third kappa shape index (κ3) is 1.58. The van der Waals surface area contributed by atoms with Crippen molar-refractivity contribution in [1.82, 2.24) is 4.98 Å². The summed E-state index contributed by atoms with van der Waals surface area (Å²) in [5, 5.41) is 2.61. The van der Waals surface area contributed by atoms with Gasteiger partial charge in [0.25, 0.3) is 0 Å². The van der Waals surface area contributed by atoms with Gasteiger partial charge in [-0.25, -0.2) is 4.98 Å². The lowest BCUT2D eigenvalue weighted by Crippen LogP contribution is -1.94. The summed E-state index contributed by atoms with van der Waals surface area (Å²) in [5.41, 5.74) is 12.2. The summed E-state index contributed by atoms with van der Waals surface area (Å²) in [6.07, 6.45) is 0. The van der Waals surface area contributed by atoms with Gasteiger partial charge in [-0.1, -0.05) is 6.07 Å². The summed E-state index contributed by atoms with van der Waals surface area (Å²) in [6, 6.07) is 4.02. The average molecular weight is 211 g/mol. The van der Waals surface area contributed by atoms with Crippen molar-refractivity contribution in [3.63, 3.8) is 0 Å². The van der Waals surface area contributed by atoms with Gasteiger partial charge in [0, 0.05) is 11.4 Å². The van der Waals surface area contributed by atoms with Gasteiger partial charge in [-0.3, -0.25) is 0 Å². The minimum Gasteiger partial charge on any atom is -0.375 e. The molecule has 4 N–H and O–H groups in total. The van der Waals surface area contributed by atoms with Crippen molar-refractivity contribution in [3.8, 4) is 10.6 Å². The number of rotatable bonds is 2. The fourth-order valence-corrected chi connectivity index (χ4v) is 2.65. The lowest BCUT2D eigenvalue weighted by molar-refractivity contribution is 1.10. The van der Waals surface area contributed by atoms with E-state index in [2.05, 4.69) is 4.98 Å². The van der Waals surface area contributed by atoms with Crippen LogP contribution in [0.1, 0.15) is 4.88 Å². The molecule has 2 aromatic rings. The highest BCUT2D eigenvalue weighted by atomic mass is 32.1. The van der Waals surface area contributed by atoms with Gasteiger partial charge < -0.3 is 11.5 Å². The van der Waals surface area contributed by atoms with Crippen LogP contribution in [0.4, 0.5) is 5.13 Å². The molecule has 2 aromatic heterocycles. The Labute approximate surface area is 84.0 Å². The summed E-state index contributed by atoms with van der Waals surface area (Å²) in [4.78, 5) is 6.44. The SMILES string of the molecule is NCc1sc(N)nc1-c1cccs1. The first-order valence-corrected chi connectivity index (χ1v) is 5.50. The Balaban J connectivity index is 2.50. The molecule has 0 aliphatic rings. The van der Waals surface area contributed by atoms with E-state index >= 15 is 0 Å². The highest BCUT2D eigenvalue weighted by molar-refractivity contribution is 7.17. The second kappa shape index (κ2) is 3.45. The minimum absolute atomic E-state index is 0.502. The molecule has 0 radical (unpaired) electrons. The van der Waals surface area contributed by atoms with Gasteiger partial charge in [-0.15, -0.1) is 22.7 Å². The largest absolute Gasteiger partial charge is 0.375 e. The molecule has 13 heavy (non-hydrogen) atoms. The molecule has 0 bridgehead atoms. The van der Waals surface area contributed by atoms with Crippen molar-refractivity contribution in [1.29, 1.82) is 0 Å². The highest BCUT2D eigenvalue weighted by Crippen LogP contribution is 2.31. The zero-order valence-electron chi connectivity index (χ0n) is 6.86. The quantitative estimate of drug-likeness (QED) is 0.797. The first-order chi connectivity index (χ1) is 6.31. The van der Waals surface area contributed by atoms with Crippen molar-refractivity contribution >= 4 is 27.8 Å². The number of thiazole rings is 1. The molecule has 0 unspecified atom stereocenters. The maximum Gasteiger partial charge on any atom is 0.180 e. The second-order valence-electron chi connectivity index (χ2n) is 2.51. The molecule has 3 nitrogen and oxygen atoms in total. The van der Waals surface area contributed by atoms with Gasteiger partial charge in [0.1, 0.15) is 0 Å². The molecule has 0 fully saturated rings. The topological polar surface area (TPSA) is 64.9 Å². The van der Waals surface area contributed by atoms with E-state index in [-0.39, 0.29) is 0 Å². The van der Waals surface area contributed by atoms with Gasteiger partial charge in [0.05, 0.1) is 10.6 Å². The summed E-state index contributed by atoms with van der Waals surface area (Å²) in [6.45, 7) is 0.502. The van der Waals surface area contributed by atoms with E-state index < -0.39 is 0 Å². The molecular weight excluding hydrogens is 202 g/mol. The third-order valence-electron chi connectivity index (χ3n) is 1.65. The van der Waals surface area contributed by atoms with Crippen LogP contribution in [-0.2, 0) is 6.54 Å². The van der Waals surface area contributed by atoms with Crippen LogP contribution in [-0.4, -0.2) is 4.98 Å². The van der Waals surface area contributed by atoms with Crippen molar-refractivity contribution in [2.45, 2.75) is 6.54 Å². The fourth-order valence-electron chi connectivity index (χ4n) is 1.11. The number of thiophene rings is 1. The van der Waals surface area contributed by atoms with Gasteiger partial charge >= 0.3 is 0 Å². The van der Waals surface area contributed by atoms with Gasteiger partial charge in [0.2, 0.25) is 0 Å². The van der Waals surface area contributed by atoms with Gasteiger partial charge in [0.15, 0.2) is 5.13 Å². The van der Waals surface area contributed by atoms with E-state index in [0.717, 1.165) is 15.4 Å². The number of hydrogen-bond acceptors (Lipinski definition) is 5. The van der Waals surface area contributed by atoms with E-state index in [9.17, 15) is 0 Å². The number of anilines is 1. The maximum atomic E-state index is 5.62. The Morgan fingerprint density at radius 2 is 2.31 bits per heavy atom. The zero-order chi connectivity index (χ0) is 9.26. The standard InChI is InChI=1S/C8H9N3S2/c9-4-6-7(11-8(10)13-6)5-2-1-3-12-5/h1-3H,4,9H2,(H2,10,11). The first-order valence-electron chi connectivity index (χ1n) is 3.80. The summed E-state index contributed by atoms with van der Waals surface area (Å²) >= 11 is 3.11. The second-order valence-corrected chi connectivity index (χ2v) is 4.57. The van der Waals surface area contributed by atoms with Gasteiger partial charge in [-0.2, -0.15) is 0 Å². The summed E-state index contributed by atoms with van der Waals surface area (Å²) in [7, 11) is 0. The Hall–Kier alpha value is -0.910. The summed E-state index contributed by atoms with van der Waals surface area (Å²) < 4.78 is 0. The third-order valence-corrected chi connectivity index (χ3v) is 3.44. The highest BCUT2D eigenvalue weighted by Gasteiger charge is 2.10.